The summed E-state index contributed by atoms with van der Waals surface area (Å²) in [6.45, 7) is 1.66. The number of aliphatic hydroxyl groups excluding tert-OH is 1. The highest BCUT2D eigenvalue weighted by molar-refractivity contribution is 8.03. The Balaban J connectivity index is 1.42. The van der Waals surface area contributed by atoms with Gasteiger partial charge in [-0.05, 0) is 35.8 Å². The minimum atomic E-state index is -1.27. The van der Waals surface area contributed by atoms with E-state index in [9.17, 15) is 14.7 Å². The number of hydrogen-bond acceptors (Lipinski definition) is 4. The Morgan fingerprint density at radius 2 is 2.12 bits per heavy atom. The third-order valence-electron chi connectivity index (χ3n) is 4.66. The summed E-state index contributed by atoms with van der Waals surface area (Å²) in [5.74, 6) is -0.630. The quantitative estimate of drug-likeness (QED) is 0.812. The number of aliphatic hydroxyl groups is 1. The first-order chi connectivity index (χ1) is 12.1. The standard InChI is InChI=1S/C19H24N2O3S/c22-17(12-18(23)20-9-7-16-6-3-11-25-16)19(24)21-10-8-14-4-1-2-5-15(14)13-21/h1-5,11,16-17,22H,6-10,12-13H2,(H,20,23)/t16?,17-/m1/s1. The predicted molar refractivity (Wildman–Crippen MR) is 98.9 cm³/mol. The van der Waals surface area contributed by atoms with Crippen molar-refractivity contribution in [3.05, 3.63) is 46.9 Å². The van der Waals surface area contributed by atoms with Gasteiger partial charge in [0.25, 0.3) is 5.91 Å². The minimum absolute atomic E-state index is 0.174. The van der Waals surface area contributed by atoms with E-state index in [1.54, 1.807) is 16.7 Å². The summed E-state index contributed by atoms with van der Waals surface area (Å²) in [6, 6.07) is 8.02. The lowest BCUT2D eigenvalue weighted by Crippen LogP contribution is -2.44. The van der Waals surface area contributed by atoms with Gasteiger partial charge in [-0.3, -0.25) is 9.59 Å². The molecule has 3 rings (SSSR count). The summed E-state index contributed by atoms with van der Waals surface area (Å²) in [5, 5.41) is 15.6. The van der Waals surface area contributed by atoms with E-state index in [0.29, 0.717) is 24.9 Å². The van der Waals surface area contributed by atoms with E-state index in [2.05, 4.69) is 22.9 Å². The molecule has 134 valence electrons. The Hall–Kier alpha value is -1.79. The van der Waals surface area contributed by atoms with Crippen molar-refractivity contribution in [1.29, 1.82) is 0 Å². The molecule has 1 aromatic carbocycles. The summed E-state index contributed by atoms with van der Waals surface area (Å²) < 4.78 is 0. The Labute approximate surface area is 152 Å². The van der Waals surface area contributed by atoms with Crippen molar-refractivity contribution in [3.8, 4) is 0 Å². The molecular formula is C19H24N2O3S. The maximum absolute atomic E-state index is 12.4. The fourth-order valence-electron chi connectivity index (χ4n) is 3.22. The smallest absolute Gasteiger partial charge is 0.252 e. The molecule has 0 spiro atoms. The van der Waals surface area contributed by atoms with Crippen molar-refractivity contribution in [2.45, 2.75) is 43.6 Å². The molecule has 25 heavy (non-hydrogen) atoms. The number of fused-ring (bicyclic) bond motifs is 1. The fraction of sp³-hybridized carbons (Fsp3) is 0.474. The molecule has 0 radical (unpaired) electrons. The number of nitrogens with one attached hydrogen (secondary N) is 1. The second-order valence-corrected chi connectivity index (χ2v) is 7.71. The van der Waals surface area contributed by atoms with Gasteiger partial charge in [0.05, 0.1) is 6.42 Å². The first kappa shape index (κ1) is 18.0. The molecule has 0 saturated heterocycles. The zero-order chi connectivity index (χ0) is 17.6. The topological polar surface area (TPSA) is 69.6 Å². The molecule has 0 fully saturated rings. The van der Waals surface area contributed by atoms with Gasteiger partial charge in [-0.2, -0.15) is 0 Å². The first-order valence-electron chi connectivity index (χ1n) is 8.74. The van der Waals surface area contributed by atoms with E-state index in [-0.39, 0.29) is 18.2 Å². The van der Waals surface area contributed by atoms with Crippen LogP contribution in [-0.4, -0.2) is 46.3 Å². The number of carbonyl (C=O) groups is 2. The molecule has 0 saturated carbocycles. The van der Waals surface area contributed by atoms with Gasteiger partial charge >= 0.3 is 0 Å². The highest BCUT2D eigenvalue weighted by atomic mass is 32.2. The van der Waals surface area contributed by atoms with Crippen molar-refractivity contribution in [2.24, 2.45) is 0 Å². The van der Waals surface area contributed by atoms with Crippen LogP contribution in [0, 0.1) is 0 Å². The SMILES string of the molecule is O=C(C[C@@H](O)C(=O)N1CCc2ccccc2C1)NCCC1CC=CS1. The normalized spacial score (nSPS) is 20.2. The molecule has 0 aromatic heterocycles. The van der Waals surface area contributed by atoms with Gasteiger partial charge in [-0.1, -0.05) is 30.3 Å². The molecule has 1 aromatic rings. The highest BCUT2D eigenvalue weighted by Gasteiger charge is 2.27. The van der Waals surface area contributed by atoms with Crippen LogP contribution in [-0.2, 0) is 22.6 Å². The van der Waals surface area contributed by atoms with E-state index in [1.165, 1.54) is 5.56 Å². The zero-order valence-corrected chi connectivity index (χ0v) is 15.0. The van der Waals surface area contributed by atoms with Gasteiger partial charge in [0.2, 0.25) is 5.91 Å². The number of hydrogen-bond donors (Lipinski definition) is 2. The Kier molecular flexibility index (Phi) is 6.15. The molecule has 0 aliphatic carbocycles. The third-order valence-corrected chi connectivity index (χ3v) is 5.82. The van der Waals surface area contributed by atoms with Crippen molar-refractivity contribution < 1.29 is 14.7 Å². The minimum Gasteiger partial charge on any atom is -0.383 e. The first-order valence-corrected chi connectivity index (χ1v) is 9.68. The molecule has 6 heteroatoms. The van der Waals surface area contributed by atoms with Crippen LogP contribution in [0.3, 0.4) is 0 Å². The number of rotatable bonds is 6. The number of nitrogens with zero attached hydrogens (tertiary/aromatic N) is 1. The summed E-state index contributed by atoms with van der Waals surface area (Å²) in [7, 11) is 0. The largest absolute Gasteiger partial charge is 0.383 e. The van der Waals surface area contributed by atoms with Gasteiger partial charge in [-0.25, -0.2) is 0 Å². The Morgan fingerprint density at radius 1 is 1.32 bits per heavy atom. The van der Waals surface area contributed by atoms with E-state index < -0.39 is 6.10 Å². The van der Waals surface area contributed by atoms with Crippen molar-refractivity contribution >= 4 is 23.6 Å². The predicted octanol–water partition coefficient (Wildman–Crippen LogP) is 1.85. The zero-order valence-electron chi connectivity index (χ0n) is 14.2. The van der Waals surface area contributed by atoms with Gasteiger partial charge in [0, 0.05) is 24.9 Å². The molecule has 0 bridgehead atoms. The fourth-order valence-corrected chi connectivity index (χ4v) is 4.14. The highest BCUT2D eigenvalue weighted by Crippen LogP contribution is 2.26. The monoisotopic (exact) mass is 360 g/mol. The summed E-state index contributed by atoms with van der Waals surface area (Å²) in [6.07, 6.45) is 3.42. The van der Waals surface area contributed by atoms with Crippen LogP contribution in [0.4, 0.5) is 0 Å². The number of allylic oxidation sites excluding steroid dienone is 1. The lowest BCUT2D eigenvalue weighted by Gasteiger charge is -2.30. The average Bonchev–Trinajstić information content (AvgIpc) is 3.14. The van der Waals surface area contributed by atoms with Crippen molar-refractivity contribution in [2.75, 3.05) is 13.1 Å². The Bertz CT molecular complexity index is 654. The molecule has 2 N–H and O–H groups in total. The van der Waals surface area contributed by atoms with Gasteiger partial charge in [0.1, 0.15) is 6.10 Å². The van der Waals surface area contributed by atoms with Crippen LogP contribution < -0.4 is 5.32 Å². The number of thioether (sulfide) groups is 1. The summed E-state index contributed by atoms with van der Waals surface area (Å²) in [5.41, 5.74) is 2.36. The van der Waals surface area contributed by atoms with Crippen LogP contribution in [0.2, 0.25) is 0 Å². The summed E-state index contributed by atoms with van der Waals surface area (Å²) in [4.78, 5) is 26.0. The van der Waals surface area contributed by atoms with Crippen LogP contribution in [0.1, 0.15) is 30.4 Å². The number of benzene rings is 1. The lowest BCUT2D eigenvalue weighted by atomic mass is 9.99. The third kappa shape index (κ3) is 4.86. The van der Waals surface area contributed by atoms with E-state index >= 15 is 0 Å². The number of carbonyl (C=O) groups excluding carboxylic acids is 2. The molecule has 2 atom stereocenters. The Morgan fingerprint density at radius 3 is 2.88 bits per heavy atom. The van der Waals surface area contributed by atoms with Crippen molar-refractivity contribution in [1.82, 2.24) is 10.2 Å². The second-order valence-electron chi connectivity index (χ2n) is 6.50. The summed E-state index contributed by atoms with van der Waals surface area (Å²) >= 11 is 1.78. The molecule has 5 nitrogen and oxygen atoms in total. The van der Waals surface area contributed by atoms with E-state index in [0.717, 1.165) is 24.8 Å². The lowest BCUT2D eigenvalue weighted by molar-refractivity contribution is -0.144. The molecule has 2 aliphatic heterocycles. The molecule has 1 unspecified atom stereocenters. The van der Waals surface area contributed by atoms with Crippen LogP contribution >= 0.6 is 11.8 Å². The van der Waals surface area contributed by atoms with Gasteiger partial charge in [0.15, 0.2) is 0 Å². The molecule has 2 amide bonds. The van der Waals surface area contributed by atoms with Crippen molar-refractivity contribution in [3.63, 3.8) is 0 Å². The van der Waals surface area contributed by atoms with Crippen LogP contribution in [0.5, 0.6) is 0 Å². The molecule has 2 heterocycles. The average molecular weight is 360 g/mol. The molecular weight excluding hydrogens is 336 g/mol. The van der Waals surface area contributed by atoms with Crippen LogP contribution in [0.25, 0.3) is 0 Å². The van der Waals surface area contributed by atoms with E-state index in [1.807, 2.05) is 18.2 Å². The maximum atomic E-state index is 12.4. The second kappa shape index (κ2) is 8.54. The number of amides is 2. The van der Waals surface area contributed by atoms with Gasteiger partial charge in [-0.15, -0.1) is 11.8 Å². The van der Waals surface area contributed by atoms with E-state index in [4.69, 9.17) is 0 Å². The molecule has 2 aliphatic rings. The maximum Gasteiger partial charge on any atom is 0.252 e. The van der Waals surface area contributed by atoms with Crippen LogP contribution in [0.15, 0.2) is 35.7 Å². The van der Waals surface area contributed by atoms with Gasteiger partial charge < -0.3 is 15.3 Å².